The highest BCUT2D eigenvalue weighted by molar-refractivity contribution is 6.22. The molecule has 0 spiro atoms. The first-order valence-electron chi connectivity index (χ1n) is 5.59. The standard InChI is InChI=1S/C12H13N3O3/c1-2-9(10(16)14-13)15-11(17)7-5-3-4-6-8(7)12(15)18/h3-6,9H,2,13H2,1H3,(H,14,16). The number of hydrogen-bond acceptors (Lipinski definition) is 4. The van der Waals surface area contributed by atoms with Crippen molar-refractivity contribution in [2.45, 2.75) is 19.4 Å². The number of fused-ring (bicyclic) bond motifs is 1. The van der Waals surface area contributed by atoms with Crippen molar-refractivity contribution in [1.29, 1.82) is 0 Å². The van der Waals surface area contributed by atoms with Gasteiger partial charge in [-0.15, -0.1) is 0 Å². The minimum Gasteiger partial charge on any atom is -0.292 e. The number of imide groups is 1. The molecule has 0 fully saturated rings. The third-order valence-electron chi connectivity index (χ3n) is 2.97. The molecule has 0 bridgehead atoms. The van der Waals surface area contributed by atoms with E-state index in [9.17, 15) is 14.4 Å². The molecule has 0 saturated heterocycles. The van der Waals surface area contributed by atoms with E-state index in [4.69, 9.17) is 5.84 Å². The summed E-state index contributed by atoms with van der Waals surface area (Å²) in [6.45, 7) is 1.71. The SMILES string of the molecule is CCC(C(=O)NN)N1C(=O)c2ccccc2C1=O. The minimum atomic E-state index is -0.873. The summed E-state index contributed by atoms with van der Waals surface area (Å²) in [6, 6.07) is 5.63. The van der Waals surface area contributed by atoms with Gasteiger partial charge in [-0.25, -0.2) is 5.84 Å². The molecule has 0 aliphatic carbocycles. The Hall–Kier alpha value is -2.21. The first-order chi connectivity index (χ1) is 8.61. The van der Waals surface area contributed by atoms with Crippen LogP contribution in [-0.2, 0) is 4.79 Å². The van der Waals surface area contributed by atoms with Crippen LogP contribution in [0.15, 0.2) is 24.3 Å². The fourth-order valence-corrected chi connectivity index (χ4v) is 2.07. The molecule has 1 heterocycles. The average molecular weight is 247 g/mol. The normalized spacial score (nSPS) is 15.6. The second-order valence-electron chi connectivity index (χ2n) is 3.96. The van der Waals surface area contributed by atoms with Gasteiger partial charge in [-0.05, 0) is 18.6 Å². The fraction of sp³-hybridized carbons (Fsp3) is 0.250. The van der Waals surface area contributed by atoms with Gasteiger partial charge in [0.15, 0.2) is 0 Å². The van der Waals surface area contributed by atoms with Gasteiger partial charge in [0.05, 0.1) is 11.1 Å². The summed E-state index contributed by atoms with van der Waals surface area (Å²) in [5, 5.41) is 0. The maximum atomic E-state index is 12.1. The van der Waals surface area contributed by atoms with Crippen LogP contribution in [-0.4, -0.2) is 28.7 Å². The minimum absolute atomic E-state index is 0.314. The van der Waals surface area contributed by atoms with Crippen LogP contribution in [0.4, 0.5) is 0 Å². The second-order valence-corrected chi connectivity index (χ2v) is 3.96. The van der Waals surface area contributed by atoms with Gasteiger partial charge >= 0.3 is 0 Å². The summed E-state index contributed by atoms with van der Waals surface area (Å²) in [4.78, 5) is 36.8. The van der Waals surface area contributed by atoms with Gasteiger partial charge in [0.2, 0.25) is 0 Å². The molecule has 0 aromatic heterocycles. The smallest absolute Gasteiger partial charge is 0.262 e. The average Bonchev–Trinajstić information content (AvgIpc) is 2.65. The summed E-state index contributed by atoms with van der Waals surface area (Å²) in [5.41, 5.74) is 2.63. The summed E-state index contributed by atoms with van der Waals surface area (Å²) in [6.07, 6.45) is 0.314. The Kier molecular flexibility index (Phi) is 3.12. The zero-order valence-electron chi connectivity index (χ0n) is 9.84. The Morgan fingerprint density at radius 3 is 2.17 bits per heavy atom. The zero-order chi connectivity index (χ0) is 13.3. The lowest BCUT2D eigenvalue weighted by Crippen LogP contribution is -2.51. The molecule has 3 N–H and O–H groups in total. The van der Waals surface area contributed by atoms with Crippen LogP contribution in [0.5, 0.6) is 0 Å². The zero-order valence-corrected chi connectivity index (χ0v) is 9.84. The van der Waals surface area contributed by atoms with E-state index in [1.165, 1.54) is 0 Å². The number of carbonyl (C=O) groups excluding carboxylic acids is 3. The van der Waals surface area contributed by atoms with Crippen LogP contribution < -0.4 is 11.3 Å². The van der Waals surface area contributed by atoms with Crippen molar-refractivity contribution in [3.05, 3.63) is 35.4 Å². The molecule has 1 atom stereocenters. The van der Waals surface area contributed by atoms with Gasteiger partial charge < -0.3 is 0 Å². The quantitative estimate of drug-likeness (QED) is 0.341. The van der Waals surface area contributed by atoms with E-state index in [2.05, 4.69) is 0 Å². The molecule has 6 heteroatoms. The molecule has 94 valence electrons. The lowest BCUT2D eigenvalue weighted by molar-refractivity contribution is -0.125. The van der Waals surface area contributed by atoms with E-state index < -0.39 is 23.8 Å². The predicted octanol–water partition coefficient (Wildman–Crippen LogP) is 0.0511. The van der Waals surface area contributed by atoms with Crippen molar-refractivity contribution in [3.8, 4) is 0 Å². The molecule has 1 unspecified atom stereocenters. The molecule has 1 aliphatic heterocycles. The Morgan fingerprint density at radius 2 is 1.78 bits per heavy atom. The molecule has 1 aromatic carbocycles. The van der Waals surface area contributed by atoms with Crippen LogP contribution in [0.2, 0.25) is 0 Å². The van der Waals surface area contributed by atoms with Crippen LogP contribution >= 0.6 is 0 Å². The topological polar surface area (TPSA) is 92.5 Å². The third kappa shape index (κ3) is 1.67. The van der Waals surface area contributed by atoms with Crippen LogP contribution in [0.1, 0.15) is 34.1 Å². The summed E-state index contributed by atoms with van der Waals surface area (Å²) >= 11 is 0. The van der Waals surface area contributed by atoms with Crippen molar-refractivity contribution in [2.24, 2.45) is 5.84 Å². The number of amides is 3. The molecule has 0 saturated carbocycles. The lowest BCUT2D eigenvalue weighted by atomic mass is 10.1. The Morgan fingerprint density at radius 1 is 1.28 bits per heavy atom. The van der Waals surface area contributed by atoms with Crippen molar-refractivity contribution < 1.29 is 14.4 Å². The Bertz CT molecular complexity index is 492. The molecular weight excluding hydrogens is 234 g/mol. The molecule has 2 rings (SSSR count). The number of benzene rings is 1. The molecule has 18 heavy (non-hydrogen) atoms. The van der Waals surface area contributed by atoms with Crippen LogP contribution in [0, 0.1) is 0 Å². The fourth-order valence-electron chi connectivity index (χ4n) is 2.07. The van der Waals surface area contributed by atoms with Gasteiger partial charge in [-0.2, -0.15) is 0 Å². The number of carbonyl (C=O) groups is 3. The molecule has 3 amide bonds. The van der Waals surface area contributed by atoms with Crippen molar-refractivity contribution in [3.63, 3.8) is 0 Å². The van der Waals surface area contributed by atoms with E-state index >= 15 is 0 Å². The number of nitrogens with two attached hydrogens (primary N) is 1. The number of hydrogen-bond donors (Lipinski definition) is 2. The molecule has 1 aromatic rings. The highest BCUT2D eigenvalue weighted by Crippen LogP contribution is 2.25. The highest BCUT2D eigenvalue weighted by Gasteiger charge is 2.41. The van der Waals surface area contributed by atoms with Gasteiger partial charge in [0, 0.05) is 0 Å². The Balaban J connectivity index is 2.41. The maximum Gasteiger partial charge on any atom is 0.262 e. The van der Waals surface area contributed by atoms with Crippen molar-refractivity contribution in [1.82, 2.24) is 10.3 Å². The van der Waals surface area contributed by atoms with Crippen LogP contribution in [0.25, 0.3) is 0 Å². The first-order valence-corrected chi connectivity index (χ1v) is 5.59. The maximum absolute atomic E-state index is 12.1. The van der Waals surface area contributed by atoms with E-state index in [1.807, 2.05) is 5.43 Å². The molecule has 0 radical (unpaired) electrons. The summed E-state index contributed by atoms with van der Waals surface area (Å²) < 4.78 is 0. The highest BCUT2D eigenvalue weighted by atomic mass is 16.2. The van der Waals surface area contributed by atoms with E-state index in [-0.39, 0.29) is 0 Å². The molecular formula is C12H13N3O3. The van der Waals surface area contributed by atoms with Crippen molar-refractivity contribution in [2.75, 3.05) is 0 Å². The van der Waals surface area contributed by atoms with E-state index in [0.717, 1.165) is 4.90 Å². The largest absolute Gasteiger partial charge is 0.292 e. The van der Waals surface area contributed by atoms with Crippen molar-refractivity contribution >= 4 is 17.7 Å². The number of nitrogens with one attached hydrogen (secondary N) is 1. The molecule has 1 aliphatic rings. The van der Waals surface area contributed by atoms with Gasteiger partial charge in [-0.1, -0.05) is 19.1 Å². The third-order valence-corrected chi connectivity index (χ3v) is 2.97. The number of rotatable bonds is 3. The van der Waals surface area contributed by atoms with Gasteiger partial charge in [0.1, 0.15) is 6.04 Å². The summed E-state index contributed by atoms with van der Waals surface area (Å²) in [7, 11) is 0. The molecule has 6 nitrogen and oxygen atoms in total. The monoisotopic (exact) mass is 247 g/mol. The van der Waals surface area contributed by atoms with E-state index in [1.54, 1.807) is 31.2 Å². The van der Waals surface area contributed by atoms with E-state index in [0.29, 0.717) is 17.5 Å². The summed E-state index contributed by atoms with van der Waals surface area (Å²) in [5.74, 6) is 3.61. The Labute approximate surface area is 104 Å². The van der Waals surface area contributed by atoms with Gasteiger partial charge in [-0.3, -0.25) is 24.7 Å². The van der Waals surface area contributed by atoms with Gasteiger partial charge in [0.25, 0.3) is 17.7 Å². The lowest BCUT2D eigenvalue weighted by Gasteiger charge is -2.23. The number of hydrazine groups is 1. The first kappa shape index (κ1) is 12.3. The van der Waals surface area contributed by atoms with Crippen LogP contribution in [0.3, 0.4) is 0 Å². The predicted molar refractivity (Wildman–Crippen MR) is 63.4 cm³/mol. The second kappa shape index (κ2) is 4.58. The number of nitrogens with zero attached hydrogens (tertiary/aromatic N) is 1.